The maximum absolute atomic E-state index is 12.9. The number of piperidine rings is 1. The van der Waals surface area contributed by atoms with E-state index in [1.807, 2.05) is 0 Å². The first kappa shape index (κ1) is 22.7. The average Bonchev–Trinajstić information content (AvgIpc) is 3.32. The van der Waals surface area contributed by atoms with Crippen molar-refractivity contribution >= 4 is 21.9 Å². The molecule has 1 saturated heterocycles. The summed E-state index contributed by atoms with van der Waals surface area (Å²) in [5.41, 5.74) is 0.596. The maximum Gasteiger partial charge on any atom is 0.322 e. The van der Waals surface area contributed by atoms with Crippen LogP contribution in [0.2, 0.25) is 0 Å². The first-order chi connectivity index (χ1) is 15.9. The minimum Gasteiger partial charge on any atom is -0.493 e. The van der Waals surface area contributed by atoms with Crippen molar-refractivity contribution in [2.45, 2.75) is 17.7 Å². The maximum atomic E-state index is 12.9. The molecule has 1 amide bonds. The van der Waals surface area contributed by atoms with E-state index in [9.17, 15) is 13.2 Å². The van der Waals surface area contributed by atoms with Crippen LogP contribution in [0, 0.1) is 5.92 Å². The van der Waals surface area contributed by atoms with Crippen LogP contribution < -0.4 is 14.8 Å². The highest BCUT2D eigenvalue weighted by molar-refractivity contribution is 7.89. The third-order valence-corrected chi connectivity index (χ3v) is 7.30. The Kier molecular flexibility index (Phi) is 6.61. The second-order valence-corrected chi connectivity index (χ2v) is 9.42. The largest absolute Gasteiger partial charge is 0.493 e. The van der Waals surface area contributed by atoms with E-state index in [4.69, 9.17) is 13.9 Å². The lowest BCUT2D eigenvalue weighted by molar-refractivity contribution is -0.121. The predicted octanol–water partition coefficient (Wildman–Crippen LogP) is 2.79. The Morgan fingerprint density at radius 3 is 2.58 bits per heavy atom. The smallest absolute Gasteiger partial charge is 0.322 e. The summed E-state index contributed by atoms with van der Waals surface area (Å²) in [6.45, 7) is 0.449. The van der Waals surface area contributed by atoms with Gasteiger partial charge in [-0.05, 0) is 43.2 Å². The molecule has 4 rings (SSSR count). The van der Waals surface area contributed by atoms with Gasteiger partial charge >= 0.3 is 6.01 Å². The van der Waals surface area contributed by atoms with Crippen LogP contribution >= 0.6 is 0 Å². The summed E-state index contributed by atoms with van der Waals surface area (Å²) >= 11 is 0. The second kappa shape index (κ2) is 9.59. The van der Waals surface area contributed by atoms with Gasteiger partial charge in [0.1, 0.15) is 0 Å². The molecule has 33 heavy (non-hydrogen) atoms. The first-order valence-electron chi connectivity index (χ1n) is 10.3. The number of amides is 1. The fourth-order valence-corrected chi connectivity index (χ4v) is 5.23. The lowest BCUT2D eigenvalue weighted by Gasteiger charge is -2.30. The van der Waals surface area contributed by atoms with Crippen LogP contribution in [-0.4, -0.2) is 56.1 Å². The van der Waals surface area contributed by atoms with E-state index in [-0.39, 0.29) is 29.3 Å². The Hall–Kier alpha value is -3.44. The molecule has 2 aromatic carbocycles. The number of methoxy groups -OCH3 is 2. The Morgan fingerprint density at radius 2 is 1.85 bits per heavy atom. The number of aromatic nitrogens is 2. The fraction of sp³-hybridized carbons (Fsp3) is 0.318. The number of nitrogens with zero attached hydrogens (tertiary/aromatic N) is 3. The molecule has 1 aliphatic rings. The first-order valence-corrected chi connectivity index (χ1v) is 11.8. The molecule has 1 unspecified atom stereocenters. The van der Waals surface area contributed by atoms with Crippen molar-refractivity contribution < 1.29 is 27.1 Å². The van der Waals surface area contributed by atoms with Gasteiger partial charge in [-0.1, -0.05) is 23.3 Å². The van der Waals surface area contributed by atoms with Crippen molar-refractivity contribution in [1.29, 1.82) is 0 Å². The zero-order chi connectivity index (χ0) is 23.4. The molecule has 0 aliphatic carbocycles. The minimum atomic E-state index is -3.67. The monoisotopic (exact) mass is 472 g/mol. The number of hydrogen-bond donors (Lipinski definition) is 1. The molecule has 0 bridgehead atoms. The van der Waals surface area contributed by atoms with Crippen molar-refractivity contribution in [3.63, 3.8) is 0 Å². The molecular formula is C22H24N4O6S. The predicted molar refractivity (Wildman–Crippen MR) is 119 cm³/mol. The number of carbonyl (C=O) groups excluding carboxylic acids is 1. The molecule has 174 valence electrons. The number of ether oxygens (including phenoxy) is 2. The number of nitrogens with one attached hydrogen (secondary N) is 1. The van der Waals surface area contributed by atoms with Crippen molar-refractivity contribution in [2.24, 2.45) is 5.92 Å². The van der Waals surface area contributed by atoms with Gasteiger partial charge in [0.25, 0.3) is 0 Å². The van der Waals surface area contributed by atoms with E-state index >= 15 is 0 Å². The lowest BCUT2D eigenvalue weighted by atomic mass is 9.99. The fourth-order valence-electron chi connectivity index (χ4n) is 3.68. The molecule has 3 aromatic rings. The molecule has 1 aromatic heterocycles. The van der Waals surface area contributed by atoms with Gasteiger partial charge in [0, 0.05) is 18.7 Å². The summed E-state index contributed by atoms with van der Waals surface area (Å²) in [5.74, 6) is 0.352. The minimum absolute atomic E-state index is 0.0622. The third-order valence-electron chi connectivity index (χ3n) is 5.42. The number of hydrogen-bond acceptors (Lipinski definition) is 8. The Bertz CT molecular complexity index is 1230. The third kappa shape index (κ3) is 4.83. The van der Waals surface area contributed by atoms with E-state index in [1.165, 1.54) is 18.5 Å². The standard InChI is InChI=1S/C22H24N4O6S/c1-30-18-11-10-15(13-19(18)31-2)21-24-25-22(32-21)23-20(27)16-7-6-12-26(14-16)33(28,29)17-8-4-3-5-9-17/h3-5,8-11,13,16H,6-7,12,14H2,1-2H3,(H,23,25,27). The zero-order valence-corrected chi connectivity index (χ0v) is 19.0. The van der Waals surface area contributed by atoms with E-state index in [2.05, 4.69) is 15.5 Å². The molecule has 0 radical (unpaired) electrons. The summed E-state index contributed by atoms with van der Waals surface area (Å²) in [6, 6.07) is 13.3. The Labute approximate surface area is 191 Å². The van der Waals surface area contributed by atoms with Gasteiger partial charge in [-0.3, -0.25) is 10.1 Å². The van der Waals surface area contributed by atoms with E-state index in [1.54, 1.807) is 48.5 Å². The highest BCUT2D eigenvalue weighted by Gasteiger charge is 2.33. The summed E-state index contributed by atoms with van der Waals surface area (Å²) in [7, 11) is -0.608. The summed E-state index contributed by atoms with van der Waals surface area (Å²) in [6.07, 6.45) is 1.13. The van der Waals surface area contributed by atoms with Crippen LogP contribution in [0.3, 0.4) is 0 Å². The number of sulfonamides is 1. The van der Waals surface area contributed by atoms with Gasteiger partial charge in [-0.2, -0.15) is 4.31 Å². The molecule has 10 nitrogen and oxygen atoms in total. The summed E-state index contributed by atoms with van der Waals surface area (Å²) < 4.78 is 43.2. The number of carbonyl (C=O) groups is 1. The van der Waals surface area contributed by atoms with Crippen molar-refractivity contribution in [2.75, 3.05) is 32.6 Å². The van der Waals surface area contributed by atoms with Crippen LogP contribution in [0.1, 0.15) is 12.8 Å². The van der Waals surface area contributed by atoms with E-state index < -0.39 is 15.9 Å². The number of anilines is 1. The van der Waals surface area contributed by atoms with Crippen LogP contribution in [0.25, 0.3) is 11.5 Å². The van der Waals surface area contributed by atoms with Crippen LogP contribution in [0.5, 0.6) is 11.5 Å². The molecule has 2 heterocycles. The van der Waals surface area contributed by atoms with Gasteiger partial charge in [0.2, 0.25) is 21.8 Å². The summed E-state index contributed by atoms with van der Waals surface area (Å²) in [5, 5.41) is 10.5. The van der Waals surface area contributed by atoms with Gasteiger partial charge in [0.15, 0.2) is 11.5 Å². The quantitative estimate of drug-likeness (QED) is 0.557. The molecule has 0 saturated carbocycles. The molecule has 1 aliphatic heterocycles. The van der Waals surface area contributed by atoms with Crippen molar-refractivity contribution in [1.82, 2.24) is 14.5 Å². The molecule has 0 spiro atoms. The number of rotatable bonds is 7. The molecule has 1 fully saturated rings. The van der Waals surface area contributed by atoms with Gasteiger partial charge in [-0.25, -0.2) is 8.42 Å². The molecule has 1 N–H and O–H groups in total. The number of benzene rings is 2. The second-order valence-electron chi connectivity index (χ2n) is 7.49. The lowest BCUT2D eigenvalue weighted by Crippen LogP contribution is -2.43. The van der Waals surface area contributed by atoms with Gasteiger partial charge in [0.05, 0.1) is 25.0 Å². The average molecular weight is 473 g/mol. The van der Waals surface area contributed by atoms with Crippen LogP contribution in [0.15, 0.2) is 57.8 Å². The highest BCUT2D eigenvalue weighted by atomic mass is 32.2. The molecular weight excluding hydrogens is 448 g/mol. The topological polar surface area (TPSA) is 124 Å². The van der Waals surface area contributed by atoms with Crippen LogP contribution in [0.4, 0.5) is 6.01 Å². The normalized spacial score (nSPS) is 16.8. The van der Waals surface area contributed by atoms with E-state index in [0.29, 0.717) is 36.4 Å². The van der Waals surface area contributed by atoms with Crippen LogP contribution in [-0.2, 0) is 14.8 Å². The Balaban J connectivity index is 1.44. The van der Waals surface area contributed by atoms with Gasteiger partial charge in [-0.15, -0.1) is 5.10 Å². The summed E-state index contributed by atoms with van der Waals surface area (Å²) in [4.78, 5) is 13.0. The molecule has 11 heteroatoms. The SMILES string of the molecule is COc1ccc(-c2nnc(NC(=O)C3CCCN(S(=O)(=O)c4ccccc4)C3)o2)cc1OC. The molecule has 1 atom stereocenters. The highest BCUT2D eigenvalue weighted by Crippen LogP contribution is 2.32. The van der Waals surface area contributed by atoms with Gasteiger partial charge < -0.3 is 13.9 Å². The van der Waals surface area contributed by atoms with Crippen molar-refractivity contribution in [3.05, 3.63) is 48.5 Å². The Morgan fingerprint density at radius 1 is 1.09 bits per heavy atom. The van der Waals surface area contributed by atoms with E-state index in [0.717, 1.165) is 0 Å². The van der Waals surface area contributed by atoms with Crippen molar-refractivity contribution in [3.8, 4) is 23.0 Å². The zero-order valence-electron chi connectivity index (χ0n) is 18.2.